The van der Waals surface area contributed by atoms with Gasteiger partial charge in [-0.1, -0.05) is 29.8 Å². The number of carbonyl (C=O) groups excluding carboxylic acids is 1. The Hall–Kier alpha value is -0.900. The van der Waals surface area contributed by atoms with Crippen LogP contribution in [0, 0.1) is 19.8 Å². The van der Waals surface area contributed by atoms with E-state index in [9.17, 15) is 4.79 Å². The minimum Gasteiger partial charge on any atom is -0.351 e. The van der Waals surface area contributed by atoms with E-state index in [2.05, 4.69) is 40.1 Å². The first kappa shape index (κ1) is 15.2. The predicted octanol–water partition coefficient (Wildman–Crippen LogP) is 3.24. The van der Waals surface area contributed by atoms with Crippen molar-refractivity contribution in [2.75, 3.05) is 6.54 Å². The number of hydrogen-bond acceptors (Lipinski definition) is 2. The number of amides is 1. The Morgan fingerprint density at radius 1 is 1.39 bits per heavy atom. The summed E-state index contributed by atoms with van der Waals surface area (Å²) in [6, 6.07) is 3.69. The van der Waals surface area contributed by atoms with Crippen LogP contribution in [0.15, 0.2) is 12.1 Å². The molecule has 100 valence electrons. The van der Waals surface area contributed by atoms with Gasteiger partial charge in [-0.15, -0.1) is 0 Å². The second-order valence-corrected chi connectivity index (χ2v) is 6.32. The van der Waals surface area contributed by atoms with Gasteiger partial charge in [0.15, 0.2) is 0 Å². The lowest BCUT2D eigenvalue weighted by Crippen LogP contribution is -2.30. The fraction of sp³-hybridized carbons (Fsp3) is 0.571. The van der Waals surface area contributed by atoms with Gasteiger partial charge in [-0.2, -0.15) is 0 Å². The van der Waals surface area contributed by atoms with Crippen LogP contribution in [-0.4, -0.2) is 22.3 Å². The van der Waals surface area contributed by atoms with Crippen molar-refractivity contribution in [3.05, 3.63) is 29.1 Å². The smallest absolute Gasteiger partial charge is 0.253 e. The van der Waals surface area contributed by atoms with Crippen LogP contribution in [0.1, 0.15) is 42.0 Å². The summed E-state index contributed by atoms with van der Waals surface area (Å²) in [6.07, 6.45) is 1.05. The maximum atomic E-state index is 12.0. The number of rotatable bonds is 5. The zero-order chi connectivity index (χ0) is 13.7. The summed E-state index contributed by atoms with van der Waals surface area (Å²) in [5.41, 5.74) is 2.37. The molecule has 1 amide bonds. The average molecular weight is 313 g/mol. The van der Waals surface area contributed by atoms with Crippen LogP contribution >= 0.6 is 15.9 Å². The van der Waals surface area contributed by atoms with Crippen molar-refractivity contribution < 1.29 is 4.79 Å². The van der Waals surface area contributed by atoms with Crippen molar-refractivity contribution in [3.8, 4) is 0 Å². The van der Waals surface area contributed by atoms with Crippen LogP contribution in [-0.2, 0) is 0 Å². The molecular formula is C14H21BrN2O. The van der Waals surface area contributed by atoms with Gasteiger partial charge in [-0.05, 0) is 38.3 Å². The molecule has 0 aromatic carbocycles. The molecule has 1 heterocycles. The van der Waals surface area contributed by atoms with Gasteiger partial charge in [0.2, 0.25) is 0 Å². The van der Waals surface area contributed by atoms with Gasteiger partial charge in [-0.25, -0.2) is 0 Å². The second-order valence-electron chi connectivity index (χ2n) is 5.02. The summed E-state index contributed by atoms with van der Waals surface area (Å²) in [4.78, 5) is 16.6. The van der Waals surface area contributed by atoms with E-state index >= 15 is 0 Å². The minimum absolute atomic E-state index is 0.0480. The highest BCUT2D eigenvalue weighted by molar-refractivity contribution is 9.09. The second kappa shape index (κ2) is 6.88. The fourth-order valence-corrected chi connectivity index (χ4v) is 2.73. The van der Waals surface area contributed by atoms with E-state index in [4.69, 9.17) is 0 Å². The van der Waals surface area contributed by atoms with Crippen molar-refractivity contribution in [1.29, 1.82) is 0 Å². The first-order chi connectivity index (χ1) is 8.40. The maximum Gasteiger partial charge on any atom is 0.253 e. The number of aromatic nitrogens is 1. The topological polar surface area (TPSA) is 42.0 Å². The number of nitrogens with one attached hydrogen (secondary N) is 1. The van der Waals surface area contributed by atoms with Crippen LogP contribution in [0.2, 0.25) is 0 Å². The molecule has 0 spiro atoms. The molecule has 0 saturated heterocycles. The summed E-state index contributed by atoms with van der Waals surface area (Å²) in [6.45, 7) is 8.77. The molecule has 1 N–H and O–H groups in total. The molecule has 0 aliphatic heterocycles. The van der Waals surface area contributed by atoms with E-state index in [1.54, 1.807) is 0 Å². The highest BCUT2D eigenvalue weighted by Gasteiger charge is 2.12. The van der Waals surface area contributed by atoms with Gasteiger partial charge in [0, 0.05) is 17.1 Å². The van der Waals surface area contributed by atoms with Gasteiger partial charge < -0.3 is 5.32 Å². The molecular weight excluding hydrogens is 292 g/mol. The number of aryl methyl sites for hydroxylation is 2. The van der Waals surface area contributed by atoms with Crippen molar-refractivity contribution in [1.82, 2.24) is 10.3 Å². The lowest BCUT2D eigenvalue weighted by atomic mass is 10.1. The normalized spacial score (nSPS) is 12.6. The van der Waals surface area contributed by atoms with Gasteiger partial charge in [-0.3, -0.25) is 9.78 Å². The summed E-state index contributed by atoms with van der Waals surface area (Å²) in [5, 5.41) is 2.94. The predicted molar refractivity (Wildman–Crippen MR) is 78.2 cm³/mol. The van der Waals surface area contributed by atoms with Crippen LogP contribution in [0.3, 0.4) is 0 Å². The zero-order valence-corrected chi connectivity index (χ0v) is 13.0. The summed E-state index contributed by atoms with van der Waals surface area (Å²) in [7, 11) is 0. The van der Waals surface area contributed by atoms with Gasteiger partial charge in [0.25, 0.3) is 5.91 Å². The van der Waals surface area contributed by atoms with E-state index in [0.717, 1.165) is 17.8 Å². The Labute approximate surface area is 118 Å². The highest BCUT2D eigenvalue weighted by atomic mass is 79.9. The lowest BCUT2D eigenvalue weighted by molar-refractivity contribution is 0.0952. The van der Waals surface area contributed by atoms with Gasteiger partial charge in [0.1, 0.15) is 0 Å². The van der Waals surface area contributed by atoms with Gasteiger partial charge in [0.05, 0.1) is 11.3 Å². The molecule has 4 heteroatoms. The standard InChI is InChI=1S/C14H21BrN2O/c1-9(2)7-12(15)8-16-14(18)13-6-5-10(3)17-11(13)4/h5-6,9,12H,7-8H2,1-4H3,(H,16,18). The summed E-state index contributed by atoms with van der Waals surface area (Å²) < 4.78 is 0. The SMILES string of the molecule is Cc1ccc(C(=O)NCC(Br)CC(C)C)c(C)n1. The fourth-order valence-electron chi connectivity index (χ4n) is 1.82. The van der Waals surface area contributed by atoms with Crippen molar-refractivity contribution in [3.63, 3.8) is 0 Å². The molecule has 1 atom stereocenters. The van der Waals surface area contributed by atoms with Crippen molar-refractivity contribution in [2.24, 2.45) is 5.92 Å². The van der Waals surface area contributed by atoms with Crippen LogP contribution in [0.25, 0.3) is 0 Å². The van der Waals surface area contributed by atoms with Crippen molar-refractivity contribution >= 4 is 21.8 Å². The van der Waals surface area contributed by atoms with E-state index < -0.39 is 0 Å². The quantitative estimate of drug-likeness (QED) is 0.848. The summed E-state index contributed by atoms with van der Waals surface area (Å²) in [5.74, 6) is 0.572. The monoisotopic (exact) mass is 312 g/mol. The lowest BCUT2D eigenvalue weighted by Gasteiger charge is -2.14. The molecule has 1 aromatic heterocycles. The number of hydrogen-bond donors (Lipinski definition) is 1. The first-order valence-corrected chi connectivity index (χ1v) is 7.18. The molecule has 0 bridgehead atoms. The Bertz CT molecular complexity index is 418. The minimum atomic E-state index is -0.0480. The molecule has 1 aromatic rings. The number of pyridine rings is 1. The van der Waals surface area contributed by atoms with E-state index in [1.165, 1.54) is 0 Å². The highest BCUT2D eigenvalue weighted by Crippen LogP contribution is 2.12. The van der Waals surface area contributed by atoms with E-state index in [-0.39, 0.29) is 5.91 Å². The molecule has 0 saturated carbocycles. The number of halogens is 1. The Morgan fingerprint density at radius 2 is 2.06 bits per heavy atom. The number of nitrogens with zero attached hydrogens (tertiary/aromatic N) is 1. The Balaban J connectivity index is 2.55. The van der Waals surface area contributed by atoms with Crippen LogP contribution in [0.5, 0.6) is 0 Å². The van der Waals surface area contributed by atoms with Crippen LogP contribution in [0.4, 0.5) is 0 Å². The first-order valence-electron chi connectivity index (χ1n) is 6.26. The molecule has 0 aliphatic rings. The van der Waals surface area contributed by atoms with E-state index in [0.29, 0.717) is 22.9 Å². The molecule has 18 heavy (non-hydrogen) atoms. The van der Waals surface area contributed by atoms with Gasteiger partial charge >= 0.3 is 0 Å². The Kier molecular flexibility index (Phi) is 5.79. The Morgan fingerprint density at radius 3 is 2.61 bits per heavy atom. The third-order valence-electron chi connectivity index (χ3n) is 2.68. The number of alkyl halides is 1. The maximum absolute atomic E-state index is 12.0. The average Bonchev–Trinajstić information content (AvgIpc) is 2.25. The molecule has 1 rings (SSSR count). The molecule has 0 aliphatic carbocycles. The van der Waals surface area contributed by atoms with Crippen LogP contribution < -0.4 is 5.32 Å². The molecule has 0 radical (unpaired) electrons. The number of carbonyl (C=O) groups is 1. The summed E-state index contributed by atoms with van der Waals surface area (Å²) >= 11 is 3.58. The zero-order valence-electron chi connectivity index (χ0n) is 11.5. The third-order valence-corrected chi connectivity index (χ3v) is 3.38. The van der Waals surface area contributed by atoms with E-state index in [1.807, 2.05) is 26.0 Å². The molecule has 0 fully saturated rings. The van der Waals surface area contributed by atoms with Crippen molar-refractivity contribution in [2.45, 2.75) is 38.9 Å². The molecule has 1 unspecified atom stereocenters. The third kappa shape index (κ3) is 4.77. The molecule has 3 nitrogen and oxygen atoms in total. The largest absolute Gasteiger partial charge is 0.351 e.